The van der Waals surface area contributed by atoms with E-state index in [-0.39, 0.29) is 17.4 Å². The normalized spacial score (nSPS) is 20.7. The molecule has 0 saturated carbocycles. The van der Waals surface area contributed by atoms with Gasteiger partial charge in [0, 0.05) is 29.7 Å². The van der Waals surface area contributed by atoms with Crippen LogP contribution in [0.5, 0.6) is 11.5 Å². The molecule has 1 atom stereocenters. The largest absolute Gasteiger partial charge is 0.493 e. The van der Waals surface area contributed by atoms with Gasteiger partial charge in [0.1, 0.15) is 6.61 Å². The Bertz CT molecular complexity index is 943. The van der Waals surface area contributed by atoms with Gasteiger partial charge in [0.2, 0.25) is 5.91 Å². The predicted molar refractivity (Wildman–Crippen MR) is 117 cm³/mol. The van der Waals surface area contributed by atoms with Crippen molar-refractivity contribution in [1.29, 1.82) is 0 Å². The molecule has 2 aromatic rings. The summed E-state index contributed by atoms with van der Waals surface area (Å²) in [4.78, 5) is 15.2. The lowest BCUT2D eigenvalue weighted by atomic mass is 9.87. The van der Waals surface area contributed by atoms with E-state index in [9.17, 15) is 4.79 Å². The molecule has 0 bridgehead atoms. The average molecular weight is 430 g/mol. The van der Waals surface area contributed by atoms with Crippen LogP contribution in [-0.2, 0) is 16.1 Å². The van der Waals surface area contributed by atoms with Gasteiger partial charge in [-0.25, -0.2) is 0 Å². The fourth-order valence-corrected chi connectivity index (χ4v) is 4.55. The van der Waals surface area contributed by atoms with Crippen molar-refractivity contribution < 1.29 is 19.0 Å². The molecular formula is C24H28ClNO4. The van der Waals surface area contributed by atoms with Gasteiger partial charge in [0.15, 0.2) is 11.5 Å². The molecule has 1 amide bonds. The molecule has 0 unspecified atom stereocenters. The van der Waals surface area contributed by atoms with Gasteiger partial charge in [-0.15, -0.1) is 0 Å². The summed E-state index contributed by atoms with van der Waals surface area (Å²) in [6.45, 7) is 6.22. The number of hydrogen-bond acceptors (Lipinski definition) is 4. The summed E-state index contributed by atoms with van der Waals surface area (Å²) in [5.41, 5.74) is 2.67. The van der Waals surface area contributed by atoms with Crippen molar-refractivity contribution in [3.8, 4) is 22.6 Å². The summed E-state index contributed by atoms with van der Waals surface area (Å²) in [5, 5.41) is 0.677. The van der Waals surface area contributed by atoms with E-state index in [2.05, 4.69) is 19.9 Å². The lowest BCUT2D eigenvalue weighted by Crippen LogP contribution is -2.43. The number of rotatable bonds is 3. The quantitative estimate of drug-likeness (QED) is 0.693. The van der Waals surface area contributed by atoms with Gasteiger partial charge in [-0.05, 0) is 62.1 Å². The van der Waals surface area contributed by atoms with Crippen molar-refractivity contribution >= 4 is 17.5 Å². The third kappa shape index (κ3) is 4.42. The predicted octanol–water partition coefficient (Wildman–Crippen LogP) is 4.94. The molecule has 0 N–H and O–H groups in total. The van der Waals surface area contributed by atoms with Gasteiger partial charge in [0.25, 0.3) is 0 Å². The molecule has 4 rings (SSSR count). The van der Waals surface area contributed by atoms with Gasteiger partial charge in [-0.2, -0.15) is 0 Å². The highest BCUT2D eigenvalue weighted by molar-refractivity contribution is 6.30. The van der Waals surface area contributed by atoms with Gasteiger partial charge in [0.05, 0.1) is 19.3 Å². The number of ether oxygens (including phenoxy) is 3. The van der Waals surface area contributed by atoms with Crippen LogP contribution in [0.4, 0.5) is 0 Å². The van der Waals surface area contributed by atoms with Crippen LogP contribution in [0, 0.1) is 5.92 Å². The van der Waals surface area contributed by atoms with Crippen LogP contribution in [0.1, 0.15) is 32.3 Å². The minimum atomic E-state index is -0.262. The number of fused-ring (bicyclic) bond motifs is 1. The number of nitrogens with zero attached hydrogens (tertiary/aromatic N) is 1. The SMILES string of the molecule is COc1cc(-c2cccc(Cl)c2)cc2c1OCCN(C(=O)[C@H]1CCOC(C)(C)C1)C2. The van der Waals surface area contributed by atoms with Crippen LogP contribution in [0.25, 0.3) is 11.1 Å². The minimum Gasteiger partial charge on any atom is -0.493 e. The van der Waals surface area contributed by atoms with Gasteiger partial charge < -0.3 is 19.1 Å². The van der Waals surface area contributed by atoms with Crippen molar-refractivity contribution in [2.24, 2.45) is 5.92 Å². The Labute approximate surface area is 182 Å². The van der Waals surface area contributed by atoms with Crippen LogP contribution >= 0.6 is 11.6 Å². The molecule has 1 fully saturated rings. The zero-order valence-electron chi connectivity index (χ0n) is 17.7. The zero-order chi connectivity index (χ0) is 21.3. The molecule has 5 nitrogen and oxygen atoms in total. The van der Waals surface area contributed by atoms with Crippen molar-refractivity contribution in [2.75, 3.05) is 26.9 Å². The van der Waals surface area contributed by atoms with Crippen LogP contribution in [0.3, 0.4) is 0 Å². The highest BCUT2D eigenvalue weighted by Crippen LogP contribution is 2.39. The number of benzene rings is 2. The van der Waals surface area contributed by atoms with Crippen molar-refractivity contribution in [3.05, 3.63) is 47.0 Å². The van der Waals surface area contributed by atoms with E-state index in [1.165, 1.54) is 0 Å². The molecular weight excluding hydrogens is 402 g/mol. The first-order chi connectivity index (χ1) is 14.4. The van der Waals surface area contributed by atoms with Gasteiger partial charge in [-0.1, -0.05) is 23.7 Å². The smallest absolute Gasteiger partial charge is 0.226 e. The second-order valence-electron chi connectivity index (χ2n) is 8.58. The Balaban J connectivity index is 1.64. The Hall–Kier alpha value is -2.24. The second-order valence-corrected chi connectivity index (χ2v) is 9.02. The molecule has 0 spiro atoms. The van der Waals surface area contributed by atoms with Crippen molar-refractivity contribution in [1.82, 2.24) is 4.90 Å². The number of amides is 1. The van der Waals surface area contributed by atoms with E-state index in [0.29, 0.717) is 42.8 Å². The van der Waals surface area contributed by atoms with Crippen LogP contribution in [0.2, 0.25) is 5.02 Å². The highest BCUT2D eigenvalue weighted by atomic mass is 35.5. The molecule has 1 saturated heterocycles. The number of carbonyl (C=O) groups is 1. The first-order valence-corrected chi connectivity index (χ1v) is 10.8. The Morgan fingerprint density at radius 2 is 2.03 bits per heavy atom. The second kappa shape index (κ2) is 8.48. The molecule has 0 radical (unpaired) electrons. The topological polar surface area (TPSA) is 48.0 Å². The monoisotopic (exact) mass is 429 g/mol. The average Bonchev–Trinajstić information content (AvgIpc) is 2.94. The summed E-state index contributed by atoms with van der Waals surface area (Å²) < 4.78 is 17.4. The molecule has 0 aromatic heterocycles. The molecule has 30 heavy (non-hydrogen) atoms. The maximum absolute atomic E-state index is 13.3. The Kier molecular flexibility index (Phi) is 5.94. The third-order valence-electron chi connectivity index (χ3n) is 5.84. The Morgan fingerprint density at radius 3 is 2.77 bits per heavy atom. The molecule has 2 aromatic carbocycles. The summed E-state index contributed by atoms with van der Waals surface area (Å²) in [6.07, 6.45) is 1.50. The lowest BCUT2D eigenvalue weighted by molar-refractivity contribution is -0.146. The first-order valence-electron chi connectivity index (χ1n) is 10.4. The molecule has 6 heteroatoms. The van der Waals surface area contributed by atoms with E-state index in [0.717, 1.165) is 29.5 Å². The third-order valence-corrected chi connectivity index (χ3v) is 6.07. The lowest BCUT2D eigenvalue weighted by Gasteiger charge is -2.36. The minimum absolute atomic E-state index is 0.0201. The van der Waals surface area contributed by atoms with E-state index < -0.39 is 0 Å². The van der Waals surface area contributed by atoms with Gasteiger partial charge >= 0.3 is 0 Å². The molecule has 2 heterocycles. The standard InChI is InChI=1S/C24H28ClNO4/c1-24(2)14-17(7-9-30-24)23(27)26-8-10-29-22-19(15-26)11-18(13-21(22)28-3)16-5-4-6-20(25)12-16/h4-6,11-13,17H,7-10,14-15H2,1-3H3/t17-/m0/s1. The van der Waals surface area contributed by atoms with Crippen molar-refractivity contribution in [3.63, 3.8) is 0 Å². The molecule has 2 aliphatic heterocycles. The number of hydrogen-bond donors (Lipinski definition) is 0. The molecule has 0 aliphatic carbocycles. The number of carbonyl (C=O) groups excluding carboxylic acids is 1. The summed E-state index contributed by atoms with van der Waals surface area (Å²) in [7, 11) is 1.64. The number of methoxy groups -OCH3 is 1. The molecule has 160 valence electrons. The van der Waals surface area contributed by atoms with Crippen LogP contribution in [-0.4, -0.2) is 43.3 Å². The van der Waals surface area contributed by atoms with Gasteiger partial charge in [-0.3, -0.25) is 4.79 Å². The van der Waals surface area contributed by atoms with E-state index in [1.54, 1.807) is 7.11 Å². The van der Waals surface area contributed by atoms with E-state index in [4.69, 9.17) is 25.8 Å². The summed E-state index contributed by atoms with van der Waals surface area (Å²) in [5.74, 6) is 1.54. The fourth-order valence-electron chi connectivity index (χ4n) is 4.36. The maximum atomic E-state index is 13.3. The highest BCUT2D eigenvalue weighted by Gasteiger charge is 2.36. The zero-order valence-corrected chi connectivity index (χ0v) is 18.5. The Morgan fingerprint density at radius 1 is 1.20 bits per heavy atom. The van der Waals surface area contributed by atoms with Crippen molar-refractivity contribution in [2.45, 2.75) is 38.8 Å². The maximum Gasteiger partial charge on any atom is 0.226 e. The van der Waals surface area contributed by atoms with Crippen LogP contribution in [0.15, 0.2) is 36.4 Å². The summed E-state index contributed by atoms with van der Waals surface area (Å²) >= 11 is 6.19. The van der Waals surface area contributed by atoms with Crippen LogP contribution < -0.4 is 9.47 Å². The van der Waals surface area contributed by atoms with E-state index in [1.807, 2.05) is 35.2 Å². The first kappa shape index (κ1) is 21.0. The van der Waals surface area contributed by atoms with E-state index >= 15 is 0 Å². The fraction of sp³-hybridized carbons (Fsp3) is 0.458. The number of halogens is 1. The molecule has 2 aliphatic rings. The summed E-state index contributed by atoms with van der Waals surface area (Å²) in [6, 6.07) is 11.7.